The number of nitrogens with zero attached hydrogens (tertiary/aromatic N) is 1. The monoisotopic (exact) mass is 367 g/mol. The molecule has 6 aliphatic rings. The summed E-state index contributed by atoms with van der Waals surface area (Å²) >= 11 is 0. The summed E-state index contributed by atoms with van der Waals surface area (Å²) in [5, 5.41) is 12.7. The summed E-state index contributed by atoms with van der Waals surface area (Å²) in [6.45, 7) is 4.86. The number of carbonyl (C=O) groups is 1. The molecule has 9 atom stereocenters. The van der Waals surface area contributed by atoms with E-state index in [1.807, 2.05) is 0 Å². The predicted octanol–water partition coefficient (Wildman–Crippen LogP) is 4.34. The van der Waals surface area contributed by atoms with Gasteiger partial charge in [-0.3, -0.25) is 0 Å². The van der Waals surface area contributed by atoms with Crippen molar-refractivity contribution in [3.63, 3.8) is 0 Å². The Morgan fingerprint density at radius 1 is 1.30 bits per heavy atom. The van der Waals surface area contributed by atoms with Crippen molar-refractivity contribution < 1.29 is 14.7 Å². The lowest BCUT2D eigenvalue weighted by atomic mass is 9.47. The van der Waals surface area contributed by atoms with Crippen LogP contribution in [0.4, 0.5) is 0 Å². The number of oxime groups is 1. The second-order valence-corrected chi connectivity index (χ2v) is 10.4. The first kappa shape index (κ1) is 16.4. The maximum atomic E-state index is 12.0. The van der Waals surface area contributed by atoms with Crippen LogP contribution in [0.2, 0.25) is 0 Å². The Balaban J connectivity index is 1.39. The van der Waals surface area contributed by atoms with Gasteiger partial charge < -0.3 is 9.94 Å². The normalized spacial score (nSPS) is 56.2. The van der Waals surface area contributed by atoms with E-state index in [4.69, 9.17) is 4.74 Å². The van der Waals surface area contributed by atoms with Crippen LogP contribution >= 0.6 is 0 Å². The summed E-state index contributed by atoms with van der Waals surface area (Å²) in [5.41, 5.74) is 2.17. The fourth-order valence-electron chi connectivity index (χ4n) is 8.60. The first-order valence-electron chi connectivity index (χ1n) is 10.8. The van der Waals surface area contributed by atoms with Crippen LogP contribution in [0.25, 0.3) is 0 Å². The molecule has 144 valence electrons. The molecule has 0 saturated heterocycles. The van der Waals surface area contributed by atoms with Crippen LogP contribution in [0.3, 0.4) is 0 Å². The van der Waals surface area contributed by atoms with E-state index < -0.39 is 0 Å². The lowest BCUT2D eigenvalue weighted by molar-refractivity contribution is -0.169. The summed E-state index contributed by atoms with van der Waals surface area (Å²) in [6.07, 6.45) is 12.8. The summed E-state index contributed by atoms with van der Waals surface area (Å²) in [7, 11) is 0. The van der Waals surface area contributed by atoms with Crippen molar-refractivity contribution in [3.05, 3.63) is 23.8 Å². The number of fused-ring (bicyclic) bond motifs is 9. The Morgan fingerprint density at radius 2 is 2.15 bits per heavy atom. The fraction of sp³-hybridized carbons (Fsp3) is 0.739. The minimum atomic E-state index is -0.316. The average molecular weight is 367 g/mol. The van der Waals surface area contributed by atoms with Gasteiger partial charge in [-0.25, -0.2) is 4.79 Å². The number of allylic oxidation sites excluding steroid dienone is 2. The average Bonchev–Trinajstić information content (AvgIpc) is 3.30. The first-order chi connectivity index (χ1) is 13.0. The SMILES string of the molecule is CC1CC2=C/C(=N/O)CC[C@@H]2C2CC[C@@]3(C)C(C4CC4[C@@]34C=CC(=O)O4)C12. The van der Waals surface area contributed by atoms with Crippen molar-refractivity contribution in [2.24, 2.45) is 52.0 Å². The smallest absolute Gasteiger partial charge is 0.331 e. The highest BCUT2D eigenvalue weighted by Gasteiger charge is 2.78. The van der Waals surface area contributed by atoms with Crippen molar-refractivity contribution in [1.82, 2.24) is 0 Å². The van der Waals surface area contributed by atoms with Gasteiger partial charge in [0.15, 0.2) is 0 Å². The van der Waals surface area contributed by atoms with Crippen molar-refractivity contribution in [2.75, 3.05) is 0 Å². The van der Waals surface area contributed by atoms with E-state index in [1.165, 1.54) is 24.8 Å². The van der Waals surface area contributed by atoms with Crippen LogP contribution in [-0.4, -0.2) is 22.5 Å². The molecular weight excluding hydrogens is 338 g/mol. The summed E-state index contributed by atoms with van der Waals surface area (Å²) < 4.78 is 6.08. The standard InChI is InChI=1S/C23H29NO3/c1-12-9-13-10-14(24-26)3-4-15(13)16-5-7-22(2)21(20(12)16)17-11-18(17)23(22)8-6-19(25)27-23/h6,8,10,12,15-18,20-21,26H,3-5,7,9,11H2,1-2H3/b24-14+/t12?,15-,16?,17?,18?,20?,21?,22-,23-/m0/s1. The van der Waals surface area contributed by atoms with Crippen LogP contribution in [-0.2, 0) is 9.53 Å². The summed E-state index contributed by atoms with van der Waals surface area (Å²) in [6, 6.07) is 0. The zero-order valence-electron chi connectivity index (χ0n) is 16.2. The third kappa shape index (κ3) is 1.85. The van der Waals surface area contributed by atoms with Crippen LogP contribution in [0.1, 0.15) is 52.4 Å². The molecule has 1 N–H and O–H groups in total. The Kier molecular flexibility index (Phi) is 3.07. The molecule has 27 heavy (non-hydrogen) atoms. The summed E-state index contributed by atoms with van der Waals surface area (Å²) in [5.74, 6) is 4.64. The highest BCUT2D eigenvalue weighted by atomic mass is 16.6. The van der Waals surface area contributed by atoms with Crippen molar-refractivity contribution >= 4 is 11.7 Å². The number of esters is 1. The maximum absolute atomic E-state index is 12.0. The van der Waals surface area contributed by atoms with Gasteiger partial charge in [-0.1, -0.05) is 24.6 Å². The van der Waals surface area contributed by atoms with Crippen LogP contribution in [0.15, 0.2) is 29.0 Å². The second-order valence-electron chi connectivity index (χ2n) is 10.4. The quantitative estimate of drug-likeness (QED) is 0.393. The van der Waals surface area contributed by atoms with Gasteiger partial charge in [-0.15, -0.1) is 0 Å². The zero-order chi connectivity index (χ0) is 18.6. The lowest BCUT2D eigenvalue weighted by Gasteiger charge is -2.58. The molecule has 0 bridgehead atoms. The zero-order valence-corrected chi connectivity index (χ0v) is 16.2. The molecule has 0 aromatic rings. The van der Waals surface area contributed by atoms with Gasteiger partial charge in [0, 0.05) is 17.4 Å². The van der Waals surface area contributed by atoms with Crippen LogP contribution in [0, 0.1) is 46.8 Å². The fourth-order valence-corrected chi connectivity index (χ4v) is 8.60. The van der Waals surface area contributed by atoms with Gasteiger partial charge in [-0.2, -0.15) is 0 Å². The largest absolute Gasteiger partial charge is 0.451 e. The van der Waals surface area contributed by atoms with E-state index in [0.29, 0.717) is 23.7 Å². The van der Waals surface area contributed by atoms with E-state index in [1.54, 1.807) is 6.08 Å². The molecule has 4 fully saturated rings. The highest BCUT2D eigenvalue weighted by molar-refractivity contribution is 5.96. The Labute approximate surface area is 160 Å². The predicted molar refractivity (Wildman–Crippen MR) is 101 cm³/mol. The Hall–Kier alpha value is -1.58. The van der Waals surface area contributed by atoms with Gasteiger partial charge in [0.1, 0.15) is 5.60 Å². The van der Waals surface area contributed by atoms with Crippen molar-refractivity contribution in [2.45, 2.75) is 58.0 Å². The van der Waals surface area contributed by atoms with E-state index in [0.717, 1.165) is 42.7 Å². The number of hydrogen-bond donors (Lipinski definition) is 1. The molecule has 6 rings (SSSR count). The van der Waals surface area contributed by atoms with E-state index in [-0.39, 0.29) is 17.0 Å². The van der Waals surface area contributed by atoms with Gasteiger partial charge in [-0.05, 0) is 86.2 Å². The molecule has 6 unspecified atom stereocenters. The first-order valence-corrected chi connectivity index (χ1v) is 10.8. The Bertz CT molecular complexity index is 812. The van der Waals surface area contributed by atoms with Crippen molar-refractivity contribution in [3.8, 4) is 0 Å². The number of rotatable bonds is 0. The lowest BCUT2D eigenvalue weighted by Crippen LogP contribution is -2.56. The minimum absolute atomic E-state index is 0.103. The van der Waals surface area contributed by atoms with Crippen molar-refractivity contribution in [1.29, 1.82) is 0 Å². The molecule has 4 heteroatoms. The van der Waals surface area contributed by atoms with Gasteiger partial charge >= 0.3 is 5.97 Å². The third-order valence-electron chi connectivity index (χ3n) is 9.52. The molecule has 0 amide bonds. The third-order valence-corrected chi connectivity index (χ3v) is 9.52. The molecule has 0 radical (unpaired) electrons. The number of carbonyl (C=O) groups excluding carboxylic acids is 1. The molecule has 4 saturated carbocycles. The van der Waals surface area contributed by atoms with Gasteiger partial charge in [0.05, 0.1) is 5.71 Å². The Morgan fingerprint density at radius 3 is 2.89 bits per heavy atom. The molecule has 1 spiro atoms. The molecule has 1 heterocycles. The molecule has 4 nitrogen and oxygen atoms in total. The van der Waals surface area contributed by atoms with E-state index in [9.17, 15) is 10.0 Å². The van der Waals surface area contributed by atoms with E-state index in [2.05, 4.69) is 31.2 Å². The maximum Gasteiger partial charge on any atom is 0.331 e. The molecule has 1 aliphatic heterocycles. The van der Waals surface area contributed by atoms with Gasteiger partial charge in [0.2, 0.25) is 0 Å². The molecule has 5 aliphatic carbocycles. The van der Waals surface area contributed by atoms with E-state index >= 15 is 0 Å². The number of hydrogen-bond acceptors (Lipinski definition) is 4. The second kappa shape index (κ2) is 5.07. The van der Waals surface area contributed by atoms with Crippen LogP contribution < -0.4 is 0 Å². The molecule has 0 aromatic carbocycles. The highest BCUT2D eigenvalue weighted by Crippen LogP contribution is 2.78. The molecule has 0 aromatic heterocycles. The van der Waals surface area contributed by atoms with Crippen LogP contribution in [0.5, 0.6) is 0 Å². The topological polar surface area (TPSA) is 58.9 Å². The number of ether oxygens (including phenoxy) is 1. The minimum Gasteiger partial charge on any atom is -0.451 e. The molecular formula is C23H29NO3. The van der Waals surface area contributed by atoms with Gasteiger partial charge in [0.25, 0.3) is 0 Å². The summed E-state index contributed by atoms with van der Waals surface area (Å²) in [4.78, 5) is 12.0.